The van der Waals surface area contributed by atoms with Crippen molar-refractivity contribution in [3.63, 3.8) is 0 Å². The Balaban J connectivity index is 1.51. The van der Waals surface area contributed by atoms with Gasteiger partial charge < -0.3 is 18.8 Å². The van der Waals surface area contributed by atoms with E-state index < -0.39 is 16.0 Å². The number of halogens is 1. The third-order valence-electron chi connectivity index (χ3n) is 5.00. The largest absolute Gasteiger partial charge is 0.467 e. The van der Waals surface area contributed by atoms with E-state index in [0.29, 0.717) is 36.0 Å². The molecule has 2 aliphatic heterocycles. The maximum atomic E-state index is 12.7. The van der Waals surface area contributed by atoms with Crippen molar-refractivity contribution in [2.45, 2.75) is 31.0 Å². The zero-order valence-electron chi connectivity index (χ0n) is 15.9. The summed E-state index contributed by atoms with van der Waals surface area (Å²) in [4.78, 5) is 12.7. The van der Waals surface area contributed by atoms with Gasteiger partial charge in [-0.05, 0) is 31.0 Å². The van der Waals surface area contributed by atoms with Crippen LogP contribution >= 0.6 is 11.6 Å². The number of fused-ring (bicyclic) bond motifs is 1. The molecule has 3 heterocycles. The van der Waals surface area contributed by atoms with Crippen molar-refractivity contribution in [3.8, 4) is 5.75 Å². The summed E-state index contributed by atoms with van der Waals surface area (Å²) in [5, 5.41) is 0.488. The predicted octanol–water partition coefficient (Wildman–Crippen LogP) is 2.69. The summed E-state index contributed by atoms with van der Waals surface area (Å²) in [5.74, 6) is -0.0335. The SMILES string of the molecule is Cn1cc(S(=O)(=O)N2CCCC2)cc1C(=O)OCc1cc(Cl)cc2c1OCOC2. The molecule has 1 aromatic carbocycles. The van der Waals surface area contributed by atoms with Gasteiger partial charge in [-0.15, -0.1) is 0 Å². The van der Waals surface area contributed by atoms with Crippen LogP contribution in [0.25, 0.3) is 0 Å². The summed E-state index contributed by atoms with van der Waals surface area (Å²) < 4.78 is 44.5. The third kappa shape index (κ3) is 4.00. The minimum atomic E-state index is -3.61. The summed E-state index contributed by atoms with van der Waals surface area (Å²) in [6.07, 6.45) is 3.13. The van der Waals surface area contributed by atoms with E-state index in [9.17, 15) is 13.2 Å². The molecule has 1 aromatic heterocycles. The van der Waals surface area contributed by atoms with Crippen LogP contribution in [0.4, 0.5) is 0 Å². The quantitative estimate of drug-likeness (QED) is 0.664. The van der Waals surface area contributed by atoms with Crippen LogP contribution in [0.3, 0.4) is 0 Å². The molecule has 1 saturated heterocycles. The molecule has 2 aliphatic rings. The normalized spacial score (nSPS) is 17.0. The van der Waals surface area contributed by atoms with Gasteiger partial charge in [-0.25, -0.2) is 13.2 Å². The first-order valence-electron chi connectivity index (χ1n) is 9.22. The lowest BCUT2D eigenvalue weighted by Crippen LogP contribution is -2.27. The summed E-state index contributed by atoms with van der Waals surface area (Å²) >= 11 is 6.13. The molecule has 0 radical (unpaired) electrons. The van der Waals surface area contributed by atoms with Crippen LogP contribution in [-0.2, 0) is 39.8 Å². The van der Waals surface area contributed by atoms with Crippen molar-refractivity contribution in [1.29, 1.82) is 0 Å². The summed E-state index contributed by atoms with van der Waals surface area (Å²) in [6.45, 7) is 1.43. The van der Waals surface area contributed by atoms with E-state index in [0.717, 1.165) is 18.4 Å². The Bertz CT molecular complexity index is 1040. The van der Waals surface area contributed by atoms with Crippen LogP contribution in [-0.4, -0.2) is 43.1 Å². The van der Waals surface area contributed by atoms with Gasteiger partial charge in [0.15, 0.2) is 6.79 Å². The first-order valence-corrected chi connectivity index (χ1v) is 11.0. The molecule has 0 spiro atoms. The molecule has 0 bridgehead atoms. The maximum Gasteiger partial charge on any atom is 0.355 e. The topological polar surface area (TPSA) is 87.1 Å². The van der Waals surface area contributed by atoms with E-state index in [1.165, 1.54) is 21.1 Å². The Hall–Kier alpha value is -2.07. The lowest BCUT2D eigenvalue weighted by atomic mass is 10.1. The summed E-state index contributed by atoms with van der Waals surface area (Å²) in [7, 11) is -1.99. The molecule has 0 N–H and O–H groups in total. The fourth-order valence-electron chi connectivity index (χ4n) is 3.54. The molecule has 0 aliphatic carbocycles. The molecule has 0 atom stereocenters. The van der Waals surface area contributed by atoms with Crippen LogP contribution in [0.1, 0.15) is 34.5 Å². The fourth-order valence-corrected chi connectivity index (χ4v) is 5.39. The molecule has 1 fully saturated rings. The average molecular weight is 441 g/mol. The zero-order chi connectivity index (χ0) is 20.6. The second-order valence-electron chi connectivity index (χ2n) is 7.02. The van der Waals surface area contributed by atoms with Crippen molar-refractivity contribution in [3.05, 3.63) is 46.2 Å². The number of hydrogen-bond donors (Lipinski definition) is 0. The highest BCUT2D eigenvalue weighted by molar-refractivity contribution is 7.89. The Labute approximate surface area is 174 Å². The van der Waals surface area contributed by atoms with E-state index >= 15 is 0 Å². The van der Waals surface area contributed by atoms with Gasteiger partial charge in [-0.2, -0.15) is 4.31 Å². The molecule has 156 valence electrons. The third-order valence-corrected chi connectivity index (χ3v) is 7.08. The predicted molar refractivity (Wildman–Crippen MR) is 104 cm³/mol. The number of aromatic nitrogens is 1. The number of ether oxygens (including phenoxy) is 3. The van der Waals surface area contributed by atoms with Crippen LogP contribution in [0.15, 0.2) is 29.3 Å². The van der Waals surface area contributed by atoms with Gasteiger partial charge in [0.25, 0.3) is 0 Å². The molecular formula is C19H21ClN2O6S. The second kappa shape index (κ2) is 7.98. The molecule has 0 amide bonds. The number of nitrogens with zero attached hydrogens (tertiary/aromatic N) is 2. The van der Waals surface area contributed by atoms with Crippen molar-refractivity contribution >= 4 is 27.6 Å². The lowest BCUT2D eigenvalue weighted by molar-refractivity contribution is -0.0180. The van der Waals surface area contributed by atoms with Gasteiger partial charge in [-0.3, -0.25) is 0 Å². The Kier molecular flexibility index (Phi) is 5.56. The van der Waals surface area contributed by atoms with Gasteiger partial charge >= 0.3 is 5.97 Å². The maximum absolute atomic E-state index is 12.7. The average Bonchev–Trinajstić information content (AvgIpc) is 3.36. The summed E-state index contributed by atoms with van der Waals surface area (Å²) in [5.41, 5.74) is 1.57. The Morgan fingerprint density at radius 3 is 2.76 bits per heavy atom. The van der Waals surface area contributed by atoms with Crippen molar-refractivity contribution in [2.24, 2.45) is 7.05 Å². The molecule has 0 saturated carbocycles. The van der Waals surface area contributed by atoms with Gasteiger partial charge in [0.2, 0.25) is 10.0 Å². The van der Waals surface area contributed by atoms with Gasteiger partial charge in [-0.1, -0.05) is 11.6 Å². The number of carbonyl (C=O) groups excluding carboxylic acids is 1. The van der Waals surface area contributed by atoms with Crippen molar-refractivity contribution in [2.75, 3.05) is 19.9 Å². The minimum absolute atomic E-state index is 0.0544. The van der Waals surface area contributed by atoms with Crippen molar-refractivity contribution in [1.82, 2.24) is 8.87 Å². The highest BCUT2D eigenvalue weighted by Crippen LogP contribution is 2.32. The Morgan fingerprint density at radius 1 is 1.24 bits per heavy atom. The van der Waals surface area contributed by atoms with E-state index in [1.807, 2.05) is 0 Å². The number of aryl methyl sites for hydroxylation is 1. The number of benzene rings is 1. The van der Waals surface area contributed by atoms with E-state index in [-0.39, 0.29) is 24.0 Å². The van der Waals surface area contributed by atoms with Gasteiger partial charge in [0, 0.05) is 42.5 Å². The zero-order valence-corrected chi connectivity index (χ0v) is 17.5. The van der Waals surface area contributed by atoms with E-state index in [1.54, 1.807) is 19.2 Å². The smallest absolute Gasteiger partial charge is 0.355 e. The van der Waals surface area contributed by atoms with Crippen LogP contribution in [0.5, 0.6) is 5.75 Å². The van der Waals surface area contributed by atoms with Crippen molar-refractivity contribution < 1.29 is 27.4 Å². The Morgan fingerprint density at radius 2 is 2.00 bits per heavy atom. The number of sulfonamides is 1. The molecule has 10 heteroatoms. The first kappa shape index (κ1) is 20.2. The molecule has 4 rings (SSSR count). The highest BCUT2D eigenvalue weighted by atomic mass is 35.5. The van der Waals surface area contributed by atoms with E-state index in [4.69, 9.17) is 25.8 Å². The molecule has 8 nitrogen and oxygen atoms in total. The monoisotopic (exact) mass is 440 g/mol. The second-order valence-corrected chi connectivity index (χ2v) is 9.40. The first-order chi connectivity index (χ1) is 13.9. The lowest BCUT2D eigenvalue weighted by Gasteiger charge is -2.21. The molecule has 2 aromatic rings. The molecule has 0 unspecified atom stereocenters. The van der Waals surface area contributed by atoms with Crippen LogP contribution in [0.2, 0.25) is 5.02 Å². The number of hydrogen-bond acceptors (Lipinski definition) is 6. The molecule has 29 heavy (non-hydrogen) atoms. The number of esters is 1. The van der Waals surface area contributed by atoms with Gasteiger partial charge in [0.1, 0.15) is 22.9 Å². The van der Waals surface area contributed by atoms with Crippen LogP contribution in [0, 0.1) is 0 Å². The number of carbonyl (C=O) groups is 1. The van der Waals surface area contributed by atoms with Crippen LogP contribution < -0.4 is 4.74 Å². The fraction of sp³-hybridized carbons (Fsp3) is 0.421. The van der Waals surface area contributed by atoms with Gasteiger partial charge in [0.05, 0.1) is 6.61 Å². The minimum Gasteiger partial charge on any atom is -0.467 e. The summed E-state index contributed by atoms with van der Waals surface area (Å²) in [6, 6.07) is 4.77. The van der Waals surface area contributed by atoms with E-state index in [2.05, 4.69) is 0 Å². The number of rotatable bonds is 5. The molecular weight excluding hydrogens is 420 g/mol. The standard InChI is InChI=1S/C19H21ClN2O6S/c1-21-9-16(29(24,25)22-4-2-3-5-22)8-17(21)19(23)27-11-14-7-15(20)6-13-10-26-12-28-18(13)14/h6-9H,2-5,10-12H2,1H3. The highest BCUT2D eigenvalue weighted by Gasteiger charge is 2.30.